The molecule has 0 aliphatic rings. The Hall–Kier alpha value is -3.37. The zero-order valence-electron chi connectivity index (χ0n) is 17.2. The van der Waals surface area contributed by atoms with Gasteiger partial charge in [0.2, 0.25) is 0 Å². The molecule has 6 nitrogen and oxygen atoms in total. The van der Waals surface area contributed by atoms with Crippen molar-refractivity contribution >= 4 is 27.5 Å². The van der Waals surface area contributed by atoms with E-state index in [0.29, 0.717) is 11.6 Å². The molecule has 10 heteroatoms. The predicted molar refractivity (Wildman–Crippen MR) is 116 cm³/mol. The van der Waals surface area contributed by atoms with Crippen LogP contribution in [0.15, 0.2) is 66.7 Å². The quantitative estimate of drug-likeness (QED) is 0.572. The normalized spacial score (nSPS) is 11.4. The van der Waals surface area contributed by atoms with Crippen molar-refractivity contribution < 1.29 is 26.4 Å². The van der Waals surface area contributed by atoms with Gasteiger partial charge in [0.25, 0.3) is 5.91 Å². The van der Waals surface area contributed by atoms with Crippen molar-refractivity contribution in [2.24, 2.45) is 0 Å². The summed E-state index contributed by atoms with van der Waals surface area (Å²) in [4.78, 5) is 12.4. The summed E-state index contributed by atoms with van der Waals surface area (Å²) in [5.74, 6) is -3.01. The first-order chi connectivity index (χ1) is 15.1. The van der Waals surface area contributed by atoms with Crippen molar-refractivity contribution in [3.63, 3.8) is 0 Å². The van der Waals surface area contributed by atoms with Gasteiger partial charge in [-0.25, -0.2) is 13.2 Å². The van der Waals surface area contributed by atoms with E-state index in [-0.39, 0.29) is 23.5 Å². The highest BCUT2D eigenvalue weighted by molar-refractivity contribution is 7.90. The minimum Gasteiger partial charge on any atom is -0.319 e. The summed E-state index contributed by atoms with van der Waals surface area (Å²) < 4.78 is 68.6. The summed E-state index contributed by atoms with van der Waals surface area (Å²) >= 11 is 0. The monoisotopic (exact) mass is 463 g/mol. The Kier molecular flexibility index (Phi) is 6.85. The lowest BCUT2D eigenvalue weighted by Gasteiger charge is -2.27. The summed E-state index contributed by atoms with van der Waals surface area (Å²) in [6.45, 7) is -0.185. The lowest BCUT2D eigenvalue weighted by Crippen LogP contribution is -2.40. The van der Waals surface area contributed by atoms with E-state index < -0.39 is 33.6 Å². The van der Waals surface area contributed by atoms with Crippen LogP contribution in [0.25, 0.3) is 0 Å². The second-order valence-electron chi connectivity index (χ2n) is 7.02. The molecule has 0 aliphatic carbocycles. The van der Waals surface area contributed by atoms with Crippen LogP contribution < -0.4 is 9.62 Å². The van der Waals surface area contributed by atoms with Crippen LogP contribution >= 0.6 is 0 Å². The molecule has 0 fully saturated rings. The van der Waals surface area contributed by atoms with Gasteiger partial charge in [-0.15, -0.1) is 0 Å². The van der Waals surface area contributed by atoms with E-state index >= 15 is 0 Å². The van der Waals surface area contributed by atoms with Crippen molar-refractivity contribution in [2.45, 2.75) is 6.54 Å². The fourth-order valence-electron chi connectivity index (χ4n) is 2.85. The minimum atomic E-state index is -4.01. The van der Waals surface area contributed by atoms with E-state index in [4.69, 9.17) is 0 Å². The lowest BCUT2D eigenvalue weighted by molar-refractivity contribution is 0.102. The number of carbonyl (C=O) groups is 1. The Labute approximate surface area is 184 Å². The van der Waals surface area contributed by atoms with Gasteiger partial charge in [0.05, 0.1) is 17.9 Å². The van der Waals surface area contributed by atoms with Crippen LogP contribution in [0.1, 0.15) is 15.9 Å². The van der Waals surface area contributed by atoms with E-state index in [1.165, 1.54) is 56.6 Å². The number of nitrogens with zero attached hydrogens (tertiary/aromatic N) is 2. The van der Waals surface area contributed by atoms with Gasteiger partial charge < -0.3 is 5.32 Å². The van der Waals surface area contributed by atoms with E-state index in [1.807, 2.05) is 0 Å². The molecule has 1 N–H and O–H groups in total. The van der Waals surface area contributed by atoms with Gasteiger partial charge >= 0.3 is 10.2 Å². The van der Waals surface area contributed by atoms with Crippen molar-refractivity contribution in [3.05, 3.63) is 95.3 Å². The van der Waals surface area contributed by atoms with Crippen LogP contribution in [0.2, 0.25) is 0 Å². The first kappa shape index (κ1) is 23.3. The van der Waals surface area contributed by atoms with Gasteiger partial charge in [-0.1, -0.05) is 24.3 Å². The van der Waals surface area contributed by atoms with E-state index in [1.54, 1.807) is 0 Å². The highest BCUT2D eigenvalue weighted by Gasteiger charge is 2.27. The largest absolute Gasteiger partial charge is 0.319 e. The number of amides is 1. The number of benzene rings is 3. The van der Waals surface area contributed by atoms with Gasteiger partial charge in [0.15, 0.2) is 0 Å². The molecular weight excluding hydrogens is 443 g/mol. The SMILES string of the molecule is CN(C)S(=O)(=O)N(Cc1ccc(C(=O)Nc2ccc(F)cc2F)cc1)c1ccccc1F. The predicted octanol–water partition coefficient (Wildman–Crippen LogP) is 4.17. The van der Waals surface area contributed by atoms with E-state index in [9.17, 15) is 26.4 Å². The lowest BCUT2D eigenvalue weighted by atomic mass is 10.1. The smallest absolute Gasteiger partial charge is 0.303 e. The third-order valence-electron chi connectivity index (χ3n) is 4.58. The standard InChI is InChI=1S/C22H20F3N3O3S/c1-27(2)32(30,31)28(21-6-4-3-5-18(21)24)14-15-7-9-16(10-8-15)22(29)26-20-12-11-17(23)13-19(20)25/h3-13H,14H2,1-2H3,(H,26,29). The molecule has 0 heterocycles. The molecule has 168 valence electrons. The number of para-hydroxylation sites is 1. The van der Waals surface area contributed by atoms with Crippen LogP contribution in [0.3, 0.4) is 0 Å². The van der Waals surface area contributed by atoms with Crippen LogP contribution in [0.4, 0.5) is 24.5 Å². The first-order valence-electron chi connectivity index (χ1n) is 9.39. The zero-order valence-corrected chi connectivity index (χ0v) is 18.0. The summed E-state index contributed by atoms with van der Waals surface area (Å²) in [6, 6.07) is 14.1. The molecule has 0 spiro atoms. The summed E-state index contributed by atoms with van der Waals surface area (Å²) in [5.41, 5.74) is 0.367. The van der Waals surface area contributed by atoms with Gasteiger partial charge in [0.1, 0.15) is 17.5 Å². The molecule has 0 atom stereocenters. The van der Waals surface area contributed by atoms with E-state index in [0.717, 1.165) is 26.8 Å². The second-order valence-corrected chi connectivity index (χ2v) is 9.09. The van der Waals surface area contributed by atoms with Crippen molar-refractivity contribution in [1.82, 2.24) is 4.31 Å². The maximum absolute atomic E-state index is 14.3. The number of anilines is 2. The maximum Gasteiger partial charge on any atom is 0.303 e. The van der Waals surface area contributed by atoms with Crippen LogP contribution in [0.5, 0.6) is 0 Å². The molecule has 3 aromatic carbocycles. The molecule has 0 saturated carbocycles. The molecule has 0 radical (unpaired) electrons. The second kappa shape index (κ2) is 9.41. The third-order valence-corrected chi connectivity index (χ3v) is 6.39. The number of halogens is 3. The molecule has 0 bridgehead atoms. The van der Waals surface area contributed by atoms with Crippen LogP contribution in [-0.4, -0.2) is 32.7 Å². The van der Waals surface area contributed by atoms with Gasteiger partial charge in [-0.3, -0.25) is 9.10 Å². The Morgan fingerprint density at radius 2 is 1.56 bits per heavy atom. The topological polar surface area (TPSA) is 69.7 Å². The Morgan fingerprint density at radius 3 is 2.16 bits per heavy atom. The molecule has 32 heavy (non-hydrogen) atoms. The Morgan fingerprint density at radius 1 is 0.906 bits per heavy atom. The highest BCUT2D eigenvalue weighted by Crippen LogP contribution is 2.25. The van der Waals surface area contributed by atoms with Crippen LogP contribution in [0, 0.1) is 17.5 Å². The third kappa shape index (κ3) is 5.09. The Bertz CT molecular complexity index is 1230. The first-order valence-corrected chi connectivity index (χ1v) is 10.8. The molecular formula is C22H20F3N3O3S. The molecule has 3 aromatic rings. The summed E-state index contributed by atoms with van der Waals surface area (Å²) in [7, 11) is -1.34. The Balaban J connectivity index is 1.83. The molecule has 3 rings (SSSR count). The molecule has 0 saturated heterocycles. The number of hydrogen-bond donors (Lipinski definition) is 1. The van der Waals surface area contributed by atoms with Gasteiger partial charge in [0, 0.05) is 25.7 Å². The van der Waals surface area contributed by atoms with Crippen molar-refractivity contribution in [1.29, 1.82) is 0 Å². The van der Waals surface area contributed by atoms with Gasteiger partial charge in [-0.05, 0) is 42.0 Å². The minimum absolute atomic E-state index is 0.116. The number of hydrogen-bond acceptors (Lipinski definition) is 3. The molecule has 0 unspecified atom stereocenters. The zero-order chi connectivity index (χ0) is 23.5. The van der Waals surface area contributed by atoms with E-state index in [2.05, 4.69) is 5.32 Å². The number of rotatable bonds is 7. The number of nitrogens with one attached hydrogen (secondary N) is 1. The molecule has 0 aliphatic heterocycles. The fourth-order valence-corrected chi connectivity index (χ4v) is 3.96. The molecule has 1 amide bonds. The molecule has 0 aromatic heterocycles. The highest BCUT2D eigenvalue weighted by atomic mass is 32.2. The average molecular weight is 463 g/mol. The van der Waals surface area contributed by atoms with Crippen molar-refractivity contribution in [3.8, 4) is 0 Å². The maximum atomic E-state index is 14.3. The van der Waals surface area contributed by atoms with Crippen molar-refractivity contribution in [2.75, 3.05) is 23.7 Å². The number of carbonyl (C=O) groups excluding carboxylic acids is 1. The average Bonchev–Trinajstić information content (AvgIpc) is 2.75. The van der Waals surface area contributed by atoms with Gasteiger partial charge in [-0.2, -0.15) is 12.7 Å². The summed E-state index contributed by atoms with van der Waals surface area (Å²) in [5, 5.41) is 2.34. The van der Waals surface area contributed by atoms with Crippen LogP contribution in [-0.2, 0) is 16.8 Å². The summed E-state index contributed by atoms with van der Waals surface area (Å²) in [6.07, 6.45) is 0. The fraction of sp³-hybridized carbons (Fsp3) is 0.136.